The molecule has 2 aromatic rings. The van der Waals surface area contributed by atoms with Crippen molar-refractivity contribution in [3.63, 3.8) is 0 Å². The molecule has 1 heterocycles. The zero-order chi connectivity index (χ0) is 13.1. The first-order valence-electron chi connectivity index (χ1n) is 5.25. The van der Waals surface area contributed by atoms with E-state index < -0.39 is 0 Å². The molecule has 0 aliphatic heterocycles. The van der Waals surface area contributed by atoms with E-state index in [1.807, 2.05) is 12.1 Å². The van der Waals surface area contributed by atoms with Crippen LogP contribution >= 0.6 is 43.2 Å². The summed E-state index contributed by atoms with van der Waals surface area (Å²) in [6.07, 6.45) is 0.646. The molecule has 0 amide bonds. The van der Waals surface area contributed by atoms with E-state index in [0.717, 1.165) is 18.7 Å². The second kappa shape index (κ2) is 6.25. The van der Waals surface area contributed by atoms with Crippen LogP contribution in [0, 0.1) is 5.82 Å². The monoisotopic (exact) mass is 392 g/mol. The fraction of sp³-hybridized carbons (Fsp3) is 0.167. The molecule has 96 valence electrons. The Morgan fingerprint density at radius 2 is 2.11 bits per heavy atom. The Hall–Kier alpha value is -0.270. The molecule has 0 spiro atoms. The van der Waals surface area contributed by atoms with E-state index in [9.17, 15) is 4.39 Å². The van der Waals surface area contributed by atoms with Gasteiger partial charge >= 0.3 is 0 Å². The largest absolute Gasteiger partial charge is 0.271 e. The van der Waals surface area contributed by atoms with Crippen molar-refractivity contribution in [2.75, 3.05) is 0 Å². The first-order chi connectivity index (χ1) is 8.60. The molecule has 1 aromatic carbocycles. The number of hydrogen-bond donors (Lipinski definition) is 2. The normalized spacial score (nSPS) is 12.7. The van der Waals surface area contributed by atoms with Gasteiger partial charge in [-0.05, 0) is 62.0 Å². The number of rotatable bonds is 4. The van der Waals surface area contributed by atoms with Gasteiger partial charge in [-0.15, -0.1) is 11.3 Å². The van der Waals surface area contributed by atoms with Crippen molar-refractivity contribution in [2.45, 2.75) is 12.5 Å². The third-order valence-electron chi connectivity index (χ3n) is 2.54. The van der Waals surface area contributed by atoms with Gasteiger partial charge in [-0.2, -0.15) is 0 Å². The van der Waals surface area contributed by atoms with Crippen molar-refractivity contribution in [1.82, 2.24) is 5.43 Å². The van der Waals surface area contributed by atoms with E-state index >= 15 is 0 Å². The van der Waals surface area contributed by atoms with E-state index in [-0.39, 0.29) is 11.9 Å². The summed E-state index contributed by atoms with van der Waals surface area (Å²) >= 11 is 8.50. The summed E-state index contributed by atoms with van der Waals surface area (Å²) in [7, 11) is 0. The van der Waals surface area contributed by atoms with Crippen LogP contribution in [0.2, 0.25) is 0 Å². The van der Waals surface area contributed by atoms with Gasteiger partial charge in [0.1, 0.15) is 5.82 Å². The second-order valence-corrected chi connectivity index (χ2v) is 7.08. The molecule has 2 nitrogen and oxygen atoms in total. The summed E-state index contributed by atoms with van der Waals surface area (Å²) in [4.78, 5) is 1.10. The summed E-state index contributed by atoms with van der Waals surface area (Å²) in [5, 5.41) is 0. The van der Waals surface area contributed by atoms with E-state index in [2.05, 4.69) is 37.3 Å². The summed E-state index contributed by atoms with van der Waals surface area (Å²) < 4.78 is 15.2. The molecular weight excluding hydrogens is 383 g/mol. The number of thiophene rings is 1. The highest BCUT2D eigenvalue weighted by Crippen LogP contribution is 2.36. The Balaban J connectivity index is 2.19. The van der Waals surface area contributed by atoms with Crippen LogP contribution in [0.4, 0.5) is 4.39 Å². The van der Waals surface area contributed by atoms with Crippen LogP contribution in [-0.4, -0.2) is 0 Å². The average molecular weight is 394 g/mol. The maximum Gasteiger partial charge on any atom is 0.123 e. The van der Waals surface area contributed by atoms with E-state index in [0.29, 0.717) is 6.42 Å². The highest BCUT2D eigenvalue weighted by atomic mass is 79.9. The van der Waals surface area contributed by atoms with Crippen molar-refractivity contribution < 1.29 is 4.39 Å². The van der Waals surface area contributed by atoms with Gasteiger partial charge in [0.05, 0.1) is 9.83 Å². The number of hydrogen-bond acceptors (Lipinski definition) is 3. The molecule has 0 fully saturated rings. The van der Waals surface area contributed by atoms with Crippen LogP contribution in [0.25, 0.3) is 0 Å². The third kappa shape index (κ3) is 3.39. The van der Waals surface area contributed by atoms with Crippen molar-refractivity contribution >= 4 is 43.2 Å². The Kier molecular flexibility index (Phi) is 4.91. The zero-order valence-electron chi connectivity index (χ0n) is 9.29. The summed E-state index contributed by atoms with van der Waals surface area (Å²) in [6.45, 7) is 0. The van der Waals surface area contributed by atoms with Crippen LogP contribution in [0.15, 0.2) is 38.6 Å². The summed E-state index contributed by atoms with van der Waals surface area (Å²) in [6, 6.07) is 8.55. The maximum absolute atomic E-state index is 13.1. The van der Waals surface area contributed by atoms with Crippen LogP contribution in [0.5, 0.6) is 0 Å². The maximum atomic E-state index is 13.1. The van der Waals surface area contributed by atoms with Crippen molar-refractivity contribution in [3.05, 3.63) is 54.8 Å². The molecule has 1 unspecified atom stereocenters. The first kappa shape index (κ1) is 14.1. The van der Waals surface area contributed by atoms with Crippen molar-refractivity contribution in [3.8, 4) is 0 Å². The predicted octanol–water partition coefficient (Wildman–Crippen LogP) is 4.16. The first-order valence-corrected chi connectivity index (χ1v) is 7.65. The van der Waals surface area contributed by atoms with Gasteiger partial charge in [0, 0.05) is 9.35 Å². The zero-order valence-corrected chi connectivity index (χ0v) is 13.3. The van der Waals surface area contributed by atoms with Gasteiger partial charge < -0.3 is 0 Å². The summed E-state index contributed by atoms with van der Waals surface area (Å²) in [5.74, 6) is 5.36. The fourth-order valence-electron chi connectivity index (χ4n) is 1.68. The second-order valence-electron chi connectivity index (χ2n) is 3.82. The molecule has 0 saturated heterocycles. The van der Waals surface area contributed by atoms with Crippen LogP contribution in [0.3, 0.4) is 0 Å². The topological polar surface area (TPSA) is 38.0 Å². The number of halogens is 3. The number of nitrogens with one attached hydrogen (secondary N) is 1. The molecule has 0 aliphatic carbocycles. The number of nitrogens with two attached hydrogens (primary N) is 1. The molecule has 3 N–H and O–H groups in total. The lowest BCUT2D eigenvalue weighted by Gasteiger charge is -2.14. The SMILES string of the molecule is NNC(Cc1cccc(F)c1)c1cc(Br)c(Br)s1. The smallest absolute Gasteiger partial charge is 0.123 e. The molecular formula is C12H11Br2FN2S. The van der Waals surface area contributed by atoms with Crippen LogP contribution < -0.4 is 11.3 Å². The standard InChI is InChI=1S/C12H11Br2FN2S/c13-9-6-11(18-12(9)14)10(17-16)5-7-2-1-3-8(15)4-7/h1-4,6,10,17H,5,16H2. The van der Waals surface area contributed by atoms with Crippen LogP contribution in [-0.2, 0) is 6.42 Å². The number of benzene rings is 1. The van der Waals surface area contributed by atoms with Gasteiger partial charge in [0.2, 0.25) is 0 Å². The molecule has 0 radical (unpaired) electrons. The minimum Gasteiger partial charge on any atom is -0.271 e. The van der Waals surface area contributed by atoms with Gasteiger partial charge in [0.15, 0.2) is 0 Å². The van der Waals surface area contributed by atoms with Gasteiger partial charge in [-0.25, -0.2) is 4.39 Å². The van der Waals surface area contributed by atoms with Crippen LogP contribution in [0.1, 0.15) is 16.5 Å². The fourth-order valence-corrected chi connectivity index (χ4v) is 3.83. The number of hydrazine groups is 1. The minimum absolute atomic E-state index is 0.0283. The van der Waals surface area contributed by atoms with Gasteiger partial charge in [-0.1, -0.05) is 12.1 Å². The highest BCUT2D eigenvalue weighted by molar-refractivity contribution is 9.13. The lowest BCUT2D eigenvalue weighted by Crippen LogP contribution is -2.28. The molecule has 0 bridgehead atoms. The van der Waals surface area contributed by atoms with E-state index in [4.69, 9.17) is 5.84 Å². The Morgan fingerprint density at radius 1 is 1.33 bits per heavy atom. The lowest BCUT2D eigenvalue weighted by molar-refractivity contribution is 0.556. The molecule has 18 heavy (non-hydrogen) atoms. The molecule has 0 aliphatic rings. The predicted molar refractivity (Wildman–Crippen MR) is 79.9 cm³/mol. The highest BCUT2D eigenvalue weighted by Gasteiger charge is 2.15. The molecule has 1 aromatic heterocycles. The van der Waals surface area contributed by atoms with Crippen molar-refractivity contribution in [1.29, 1.82) is 0 Å². The molecule has 2 rings (SSSR count). The third-order valence-corrected chi connectivity index (χ3v) is 5.91. The quantitative estimate of drug-likeness (QED) is 0.604. The molecule has 6 heteroatoms. The molecule has 0 saturated carbocycles. The van der Waals surface area contributed by atoms with Crippen molar-refractivity contribution in [2.24, 2.45) is 5.84 Å². The Morgan fingerprint density at radius 3 is 2.67 bits per heavy atom. The molecule has 1 atom stereocenters. The van der Waals surface area contributed by atoms with E-state index in [1.54, 1.807) is 17.4 Å². The van der Waals surface area contributed by atoms with Gasteiger partial charge in [-0.3, -0.25) is 11.3 Å². The van der Waals surface area contributed by atoms with Gasteiger partial charge in [0.25, 0.3) is 0 Å². The Labute approximate surface area is 126 Å². The minimum atomic E-state index is -0.225. The lowest BCUT2D eigenvalue weighted by atomic mass is 10.1. The van der Waals surface area contributed by atoms with E-state index in [1.165, 1.54) is 12.1 Å². The average Bonchev–Trinajstić information content (AvgIpc) is 2.66. The Bertz CT molecular complexity index is 525. The summed E-state index contributed by atoms with van der Waals surface area (Å²) in [5.41, 5.74) is 3.69.